The third-order valence-electron chi connectivity index (χ3n) is 3.85. The van der Waals surface area contributed by atoms with Crippen LogP contribution in [-0.2, 0) is 14.4 Å². The normalized spacial score (nSPS) is 24.7. The lowest BCUT2D eigenvalue weighted by molar-refractivity contribution is -0.129. The molecule has 18 heavy (non-hydrogen) atoms. The first-order valence-electron chi connectivity index (χ1n) is 6.59. The first kappa shape index (κ1) is 14.8. The molecule has 0 saturated carbocycles. The topological polar surface area (TPSA) is 51.2 Å². The molecule has 0 aromatic carbocycles. The van der Waals surface area contributed by atoms with E-state index >= 15 is 0 Å². The highest BCUT2D eigenvalue weighted by molar-refractivity contribution is 5.88. The molecule has 1 aliphatic rings. The maximum atomic E-state index is 12.1. The van der Waals surface area contributed by atoms with Crippen LogP contribution in [0, 0.1) is 11.3 Å². The second-order valence-corrected chi connectivity index (χ2v) is 5.71. The fraction of sp³-hybridized carbons (Fsp3) is 0.667. The van der Waals surface area contributed by atoms with Crippen LogP contribution < -0.4 is 0 Å². The molecule has 0 radical (unpaired) electrons. The van der Waals surface area contributed by atoms with Crippen LogP contribution >= 0.6 is 0 Å². The first-order chi connectivity index (χ1) is 8.39. The van der Waals surface area contributed by atoms with Crippen LogP contribution in [0.4, 0.5) is 0 Å². The molecule has 0 aromatic heterocycles. The van der Waals surface area contributed by atoms with Crippen LogP contribution in [0.25, 0.3) is 0 Å². The highest BCUT2D eigenvalue weighted by atomic mass is 16.1. The SMILES string of the molecule is CC(C)C(=O)CCC1(C)CC=C(C=O)CCC1=O. The summed E-state index contributed by atoms with van der Waals surface area (Å²) < 4.78 is 0. The van der Waals surface area contributed by atoms with Gasteiger partial charge in [0.05, 0.1) is 0 Å². The number of ketones is 2. The molecule has 3 heteroatoms. The van der Waals surface area contributed by atoms with E-state index in [1.807, 2.05) is 26.8 Å². The molecule has 100 valence electrons. The summed E-state index contributed by atoms with van der Waals surface area (Å²) in [4.78, 5) is 34.5. The Balaban J connectivity index is 2.71. The lowest BCUT2D eigenvalue weighted by Crippen LogP contribution is -2.27. The van der Waals surface area contributed by atoms with Gasteiger partial charge in [-0.1, -0.05) is 26.8 Å². The minimum atomic E-state index is -0.477. The average Bonchev–Trinajstić information content (AvgIpc) is 2.48. The van der Waals surface area contributed by atoms with Crippen LogP contribution in [0.1, 0.15) is 52.9 Å². The summed E-state index contributed by atoms with van der Waals surface area (Å²) in [5, 5.41) is 0. The van der Waals surface area contributed by atoms with Crippen molar-refractivity contribution in [2.24, 2.45) is 11.3 Å². The van der Waals surface area contributed by atoms with E-state index < -0.39 is 5.41 Å². The third-order valence-corrected chi connectivity index (χ3v) is 3.85. The Morgan fingerprint density at radius 1 is 1.44 bits per heavy atom. The van der Waals surface area contributed by atoms with Gasteiger partial charge in [0.15, 0.2) is 0 Å². The van der Waals surface area contributed by atoms with E-state index in [0.717, 1.165) is 6.29 Å². The molecule has 0 heterocycles. The Morgan fingerprint density at radius 2 is 2.11 bits per heavy atom. The molecule has 0 spiro atoms. The van der Waals surface area contributed by atoms with Gasteiger partial charge in [-0.05, 0) is 24.8 Å². The van der Waals surface area contributed by atoms with Gasteiger partial charge in [0, 0.05) is 24.2 Å². The Labute approximate surface area is 109 Å². The van der Waals surface area contributed by atoms with E-state index in [1.165, 1.54) is 0 Å². The van der Waals surface area contributed by atoms with E-state index in [2.05, 4.69) is 0 Å². The van der Waals surface area contributed by atoms with Gasteiger partial charge in [-0.3, -0.25) is 14.4 Å². The lowest BCUT2D eigenvalue weighted by atomic mass is 9.77. The fourth-order valence-electron chi connectivity index (χ4n) is 2.17. The summed E-state index contributed by atoms with van der Waals surface area (Å²) in [6, 6.07) is 0. The number of aldehydes is 1. The Kier molecular flexibility index (Phi) is 5.00. The van der Waals surface area contributed by atoms with Crippen molar-refractivity contribution in [3.05, 3.63) is 11.6 Å². The number of rotatable bonds is 5. The van der Waals surface area contributed by atoms with E-state index in [4.69, 9.17) is 0 Å². The molecule has 1 unspecified atom stereocenters. The van der Waals surface area contributed by atoms with E-state index in [0.29, 0.717) is 37.7 Å². The standard InChI is InChI=1S/C15H22O3/c1-11(2)13(17)7-9-15(3)8-6-12(10-16)4-5-14(15)18/h6,10-11H,4-5,7-9H2,1-3H3. The zero-order valence-corrected chi connectivity index (χ0v) is 11.5. The molecule has 3 nitrogen and oxygen atoms in total. The highest BCUT2D eigenvalue weighted by Gasteiger charge is 2.33. The molecule has 0 aromatic rings. The number of allylic oxidation sites excluding steroid dienone is 2. The van der Waals surface area contributed by atoms with Gasteiger partial charge in [0.1, 0.15) is 17.9 Å². The highest BCUT2D eigenvalue weighted by Crippen LogP contribution is 2.35. The summed E-state index contributed by atoms with van der Waals surface area (Å²) >= 11 is 0. The van der Waals surface area contributed by atoms with Gasteiger partial charge in [-0.15, -0.1) is 0 Å². The monoisotopic (exact) mass is 250 g/mol. The van der Waals surface area contributed by atoms with Crippen molar-refractivity contribution in [2.45, 2.75) is 52.9 Å². The zero-order chi connectivity index (χ0) is 13.8. The molecule has 0 fully saturated rings. The number of hydrogen-bond acceptors (Lipinski definition) is 3. The Morgan fingerprint density at radius 3 is 2.67 bits per heavy atom. The minimum absolute atomic E-state index is 0.0237. The van der Waals surface area contributed by atoms with Crippen molar-refractivity contribution < 1.29 is 14.4 Å². The van der Waals surface area contributed by atoms with Crippen molar-refractivity contribution in [3.8, 4) is 0 Å². The van der Waals surface area contributed by atoms with Crippen molar-refractivity contribution >= 4 is 17.9 Å². The zero-order valence-electron chi connectivity index (χ0n) is 11.5. The largest absolute Gasteiger partial charge is 0.299 e. The third kappa shape index (κ3) is 3.62. The second kappa shape index (κ2) is 6.07. The first-order valence-corrected chi connectivity index (χ1v) is 6.59. The lowest BCUT2D eigenvalue weighted by Gasteiger charge is -2.25. The molecular weight excluding hydrogens is 228 g/mol. The van der Waals surface area contributed by atoms with Crippen molar-refractivity contribution in [2.75, 3.05) is 0 Å². The summed E-state index contributed by atoms with van der Waals surface area (Å²) in [5.74, 6) is 0.399. The molecule has 1 aliphatic carbocycles. The molecular formula is C15H22O3. The summed E-state index contributed by atoms with van der Waals surface area (Å²) in [6.45, 7) is 5.67. The van der Waals surface area contributed by atoms with Crippen LogP contribution in [0.15, 0.2) is 11.6 Å². The number of carbonyl (C=O) groups excluding carboxylic acids is 3. The van der Waals surface area contributed by atoms with E-state index in [1.54, 1.807) is 0 Å². The molecule has 0 bridgehead atoms. The predicted molar refractivity (Wildman–Crippen MR) is 70.2 cm³/mol. The summed E-state index contributed by atoms with van der Waals surface area (Å²) in [7, 11) is 0. The molecule has 1 rings (SSSR count). The predicted octanol–water partition coefficient (Wildman–Crippen LogP) is 2.88. The molecule has 0 saturated heterocycles. The smallest absolute Gasteiger partial charge is 0.145 e. The van der Waals surface area contributed by atoms with Gasteiger partial charge in [0.25, 0.3) is 0 Å². The molecule has 1 atom stereocenters. The van der Waals surface area contributed by atoms with Crippen molar-refractivity contribution in [1.82, 2.24) is 0 Å². The average molecular weight is 250 g/mol. The minimum Gasteiger partial charge on any atom is -0.299 e. The van der Waals surface area contributed by atoms with E-state index in [9.17, 15) is 14.4 Å². The number of carbonyl (C=O) groups is 3. The van der Waals surface area contributed by atoms with Gasteiger partial charge in [-0.2, -0.15) is 0 Å². The van der Waals surface area contributed by atoms with Crippen molar-refractivity contribution in [3.63, 3.8) is 0 Å². The summed E-state index contributed by atoms with van der Waals surface area (Å²) in [5.41, 5.74) is 0.234. The Bertz CT molecular complexity index is 379. The molecule has 0 amide bonds. The second-order valence-electron chi connectivity index (χ2n) is 5.71. The Hall–Kier alpha value is -1.25. The van der Waals surface area contributed by atoms with Gasteiger partial charge < -0.3 is 0 Å². The summed E-state index contributed by atoms with van der Waals surface area (Å²) in [6.07, 6.45) is 5.25. The maximum absolute atomic E-state index is 12.1. The van der Waals surface area contributed by atoms with Gasteiger partial charge in [0.2, 0.25) is 0 Å². The van der Waals surface area contributed by atoms with Crippen LogP contribution in [0.5, 0.6) is 0 Å². The van der Waals surface area contributed by atoms with Gasteiger partial charge in [-0.25, -0.2) is 0 Å². The molecule has 0 N–H and O–H groups in total. The van der Waals surface area contributed by atoms with E-state index in [-0.39, 0.29) is 17.5 Å². The number of Topliss-reactive ketones (excluding diaryl/α,β-unsaturated/α-hetero) is 2. The maximum Gasteiger partial charge on any atom is 0.145 e. The van der Waals surface area contributed by atoms with Crippen LogP contribution in [0.3, 0.4) is 0 Å². The molecule has 0 aliphatic heterocycles. The van der Waals surface area contributed by atoms with Crippen LogP contribution in [0.2, 0.25) is 0 Å². The van der Waals surface area contributed by atoms with Crippen LogP contribution in [-0.4, -0.2) is 17.9 Å². The number of hydrogen-bond donors (Lipinski definition) is 0. The fourth-order valence-corrected chi connectivity index (χ4v) is 2.17. The van der Waals surface area contributed by atoms with Crippen molar-refractivity contribution in [1.29, 1.82) is 0 Å². The quantitative estimate of drug-likeness (QED) is 0.705. The van der Waals surface area contributed by atoms with Gasteiger partial charge >= 0.3 is 0 Å².